The molecule has 0 unspecified atom stereocenters. The number of hydrogen-bond donors (Lipinski definition) is 1. The van der Waals surface area contributed by atoms with E-state index in [0.717, 1.165) is 0 Å². The molecule has 6 heteroatoms. The number of benzene rings is 1. The molecule has 82 valence electrons. The van der Waals surface area contributed by atoms with Gasteiger partial charge in [0, 0.05) is 10.6 Å². The first-order valence-corrected chi connectivity index (χ1v) is 5.27. The lowest BCUT2D eigenvalue weighted by Crippen LogP contribution is -1.82. The molecule has 0 aliphatic rings. The van der Waals surface area contributed by atoms with E-state index in [0.29, 0.717) is 21.4 Å². The lowest BCUT2D eigenvalue weighted by molar-refractivity contribution is 1.29. The average Bonchev–Trinajstić information content (AvgIpc) is 2.72. The van der Waals surface area contributed by atoms with E-state index in [-0.39, 0.29) is 11.4 Å². The molecule has 2 aromatic rings. The van der Waals surface area contributed by atoms with Crippen molar-refractivity contribution in [2.45, 2.75) is 0 Å². The molecule has 1 N–H and O–H groups in total. The highest BCUT2D eigenvalue weighted by molar-refractivity contribution is 6.36. The third-order valence-corrected chi connectivity index (χ3v) is 2.66. The first kappa shape index (κ1) is 11.5. The van der Waals surface area contributed by atoms with Gasteiger partial charge in [-0.15, -0.1) is 0 Å². The number of H-pyrrole nitrogens is 1. The van der Waals surface area contributed by atoms with Crippen molar-refractivity contribution in [1.29, 1.82) is 10.5 Å². The second kappa shape index (κ2) is 4.47. The van der Waals surface area contributed by atoms with Gasteiger partial charge in [-0.25, -0.2) is 4.98 Å². The molecule has 0 saturated heterocycles. The summed E-state index contributed by atoms with van der Waals surface area (Å²) in [5.74, 6) is 0.375. The Kier molecular flexibility index (Phi) is 3.01. The molecule has 17 heavy (non-hydrogen) atoms. The highest BCUT2D eigenvalue weighted by Crippen LogP contribution is 2.28. The van der Waals surface area contributed by atoms with Gasteiger partial charge in [-0.3, -0.25) is 0 Å². The smallest absolute Gasteiger partial charge is 0.177 e. The molecule has 1 heterocycles. The minimum Gasteiger partial charge on any atom is -0.329 e. The second-order valence-corrected chi connectivity index (χ2v) is 4.00. The Hall–Kier alpha value is -2.01. The topological polar surface area (TPSA) is 76.3 Å². The van der Waals surface area contributed by atoms with Crippen LogP contribution in [0.2, 0.25) is 10.0 Å². The summed E-state index contributed by atoms with van der Waals surface area (Å²) in [5, 5.41) is 18.5. The Balaban J connectivity index is 2.59. The molecule has 0 radical (unpaired) electrons. The Labute approximate surface area is 107 Å². The predicted molar refractivity (Wildman–Crippen MR) is 63.5 cm³/mol. The number of rotatable bonds is 1. The molecule has 2 rings (SSSR count). The Morgan fingerprint density at radius 2 is 1.94 bits per heavy atom. The lowest BCUT2D eigenvalue weighted by Gasteiger charge is -2.00. The van der Waals surface area contributed by atoms with Crippen molar-refractivity contribution in [2.24, 2.45) is 0 Å². The normalized spacial score (nSPS) is 9.65. The van der Waals surface area contributed by atoms with Crippen molar-refractivity contribution < 1.29 is 0 Å². The summed E-state index contributed by atoms with van der Waals surface area (Å²) in [4.78, 5) is 6.73. The quantitative estimate of drug-likeness (QED) is 0.858. The number of nitriles is 2. The van der Waals surface area contributed by atoms with E-state index in [9.17, 15) is 0 Å². The van der Waals surface area contributed by atoms with Crippen LogP contribution in [0.4, 0.5) is 0 Å². The number of imidazole rings is 1. The van der Waals surface area contributed by atoms with Gasteiger partial charge in [-0.1, -0.05) is 23.2 Å². The summed E-state index contributed by atoms with van der Waals surface area (Å²) in [5.41, 5.74) is 0.760. The maximum absolute atomic E-state index is 8.80. The molecule has 4 nitrogen and oxygen atoms in total. The van der Waals surface area contributed by atoms with Gasteiger partial charge < -0.3 is 4.98 Å². The Morgan fingerprint density at radius 3 is 2.47 bits per heavy atom. The van der Waals surface area contributed by atoms with E-state index in [1.54, 1.807) is 18.2 Å². The van der Waals surface area contributed by atoms with Crippen LogP contribution in [0.3, 0.4) is 0 Å². The van der Waals surface area contributed by atoms with Gasteiger partial charge in [0.15, 0.2) is 11.4 Å². The van der Waals surface area contributed by atoms with Gasteiger partial charge in [0.2, 0.25) is 0 Å². The minimum absolute atomic E-state index is 0.0496. The first-order valence-electron chi connectivity index (χ1n) is 4.51. The molecule has 0 aliphatic carbocycles. The number of halogens is 2. The van der Waals surface area contributed by atoms with Gasteiger partial charge in [0.05, 0.1) is 5.02 Å². The summed E-state index contributed by atoms with van der Waals surface area (Å²) in [6, 6.07) is 8.59. The molecule has 0 spiro atoms. The third-order valence-electron chi connectivity index (χ3n) is 2.11. The Morgan fingerprint density at radius 1 is 1.18 bits per heavy atom. The monoisotopic (exact) mass is 262 g/mol. The van der Waals surface area contributed by atoms with Crippen LogP contribution < -0.4 is 0 Å². The van der Waals surface area contributed by atoms with Gasteiger partial charge in [-0.2, -0.15) is 10.5 Å². The summed E-state index contributed by atoms with van der Waals surface area (Å²) in [6.07, 6.45) is 0. The number of aromatic amines is 1. The number of hydrogen-bond acceptors (Lipinski definition) is 3. The predicted octanol–water partition coefficient (Wildman–Crippen LogP) is 3.13. The van der Waals surface area contributed by atoms with Crippen LogP contribution in [-0.4, -0.2) is 9.97 Å². The minimum atomic E-state index is 0.0496. The van der Waals surface area contributed by atoms with Crippen molar-refractivity contribution >= 4 is 23.2 Å². The van der Waals surface area contributed by atoms with Crippen molar-refractivity contribution in [2.75, 3.05) is 0 Å². The zero-order valence-corrected chi connectivity index (χ0v) is 9.84. The molecule has 0 saturated carbocycles. The molecule has 0 aliphatic heterocycles. The SMILES string of the molecule is N#Cc1nc(-c2ccc(Cl)cc2Cl)[nH]c1C#N. The molecule has 0 amide bonds. The standard InChI is InChI=1S/C11H4Cl2N4/c12-6-1-2-7(8(13)3-6)11-16-9(4-14)10(5-15)17-11/h1-3H,(H,16,17). The van der Waals surface area contributed by atoms with Crippen LogP contribution in [-0.2, 0) is 0 Å². The van der Waals surface area contributed by atoms with E-state index in [1.165, 1.54) is 0 Å². The molecular formula is C11H4Cl2N4. The average molecular weight is 263 g/mol. The molecule has 1 aromatic carbocycles. The van der Waals surface area contributed by atoms with Gasteiger partial charge in [-0.05, 0) is 18.2 Å². The summed E-state index contributed by atoms with van der Waals surface area (Å²) >= 11 is 11.8. The van der Waals surface area contributed by atoms with E-state index in [1.807, 2.05) is 12.1 Å². The van der Waals surface area contributed by atoms with Crippen LogP contribution in [0.1, 0.15) is 11.4 Å². The van der Waals surface area contributed by atoms with E-state index >= 15 is 0 Å². The highest BCUT2D eigenvalue weighted by atomic mass is 35.5. The number of nitrogens with one attached hydrogen (secondary N) is 1. The Bertz CT molecular complexity index is 630. The summed E-state index contributed by atoms with van der Waals surface area (Å²) in [6.45, 7) is 0. The van der Waals surface area contributed by atoms with E-state index < -0.39 is 0 Å². The summed E-state index contributed by atoms with van der Waals surface area (Å²) < 4.78 is 0. The van der Waals surface area contributed by atoms with Crippen molar-refractivity contribution in [3.05, 3.63) is 39.6 Å². The van der Waals surface area contributed by atoms with Gasteiger partial charge in [0.1, 0.15) is 18.0 Å². The first-order chi connectivity index (χ1) is 8.15. The fourth-order valence-electron chi connectivity index (χ4n) is 1.34. The maximum atomic E-state index is 8.80. The maximum Gasteiger partial charge on any atom is 0.177 e. The number of nitrogens with zero attached hydrogens (tertiary/aromatic N) is 3. The van der Waals surface area contributed by atoms with Crippen LogP contribution in [0.5, 0.6) is 0 Å². The van der Waals surface area contributed by atoms with E-state index in [2.05, 4.69) is 9.97 Å². The van der Waals surface area contributed by atoms with Crippen molar-refractivity contribution in [1.82, 2.24) is 9.97 Å². The van der Waals surface area contributed by atoms with Gasteiger partial charge >= 0.3 is 0 Å². The summed E-state index contributed by atoms with van der Waals surface area (Å²) in [7, 11) is 0. The fourth-order valence-corrected chi connectivity index (χ4v) is 1.84. The zero-order chi connectivity index (χ0) is 12.4. The largest absolute Gasteiger partial charge is 0.329 e. The molecular weight excluding hydrogens is 259 g/mol. The second-order valence-electron chi connectivity index (χ2n) is 3.16. The van der Waals surface area contributed by atoms with Gasteiger partial charge in [0.25, 0.3) is 0 Å². The molecule has 0 atom stereocenters. The molecule has 0 fully saturated rings. The van der Waals surface area contributed by atoms with Crippen LogP contribution in [0, 0.1) is 22.7 Å². The fraction of sp³-hybridized carbons (Fsp3) is 0. The highest BCUT2D eigenvalue weighted by Gasteiger charge is 2.13. The number of aromatic nitrogens is 2. The van der Waals surface area contributed by atoms with Crippen molar-refractivity contribution in [3.63, 3.8) is 0 Å². The van der Waals surface area contributed by atoms with Crippen LogP contribution >= 0.6 is 23.2 Å². The third kappa shape index (κ3) is 2.09. The van der Waals surface area contributed by atoms with Crippen LogP contribution in [0.15, 0.2) is 18.2 Å². The molecule has 0 bridgehead atoms. The van der Waals surface area contributed by atoms with Crippen molar-refractivity contribution in [3.8, 4) is 23.5 Å². The molecule has 1 aromatic heterocycles. The lowest BCUT2D eigenvalue weighted by atomic mass is 10.2. The van der Waals surface area contributed by atoms with Crippen LogP contribution in [0.25, 0.3) is 11.4 Å². The zero-order valence-electron chi connectivity index (χ0n) is 8.33. The van der Waals surface area contributed by atoms with E-state index in [4.69, 9.17) is 33.7 Å².